The molecule has 0 atom stereocenters. The number of carbonyl (C=O) groups excluding carboxylic acids is 1. The summed E-state index contributed by atoms with van der Waals surface area (Å²) in [5, 5.41) is 0.560. The molecule has 0 radical (unpaired) electrons. The Morgan fingerprint density at radius 3 is 2.81 bits per heavy atom. The smallest absolute Gasteiger partial charge is 0.276 e. The molecule has 1 aromatic rings. The van der Waals surface area contributed by atoms with Crippen LogP contribution in [0, 0.1) is 0 Å². The van der Waals surface area contributed by atoms with Crippen molar-refractivity contribution in [3.63, 3.8) is 0 Å². The van der Waals surface area contributed by atoms with E-state index >= 15 is 0 Å². The van der Waals surface area contributed by atoms with Crippen molar-refractivity contribution >= 4 is 29.3 Å². The fourth-order valence-corrected chi connectivity index (χ4v) is 1.98. The van der Waals surface area contributed by atoms with Crippen molar-refractivity contribution in [2.45, 2.75) is 6.92 Å². The van der Waals surface area contributed by atoms with E-state index in [4.69, 9.17) is 12.2 Å². The van der Waals surface area contributed by atoms with Gasteiger partial charge in [-0.1, -0.05) is 0 Å². The standard InChI is InChI=1S/C11H13N3OS/c1-3-14-10(15)9(13(2)11(14)16)7-8-5-4-6-12-8/h4-7,12H,3H2,1-2H3/b9-7-. The Morgan fingerprint density at radius 1 is 1.56 bits per heavy atom. The average Bonchev–Trinajstić information content (AvgIpc) is 2.83. The van der Waals surface area contributed by atoms with Crippen LogP contribution in [0.1, 0.15) is 12.6 Å². The van der Waals surface area contributed by atoms with E-state index in [2.05, 4.69) is 4.98 Å². The Hall–Kier alpha value is -1.62. The van der Waals surface area contributed by atoms with Crippen LogP contribution in [0.3, 0.4) is 0 Å². The molecule has 1 aromatic heterocycles. The minimum Gasteiger partial charge on any atom is -0.362 e. The molecule has 84 valence electrons. The number of thiocarbonyl (C=S) groups is 1. The minimum atomic E-state index is -0.0374. The number of nitrogens with one attached hydrogen (secondary N) is 1. The number of amides is 1. The van der Waals surface area contributed by atoms with Crippen molar-refractivity contribution in [1.29, 1.82) is 0 Å². The van der Waals surface area contributed by atoms with E-state index in [1.165, 1.54) is 0 Å². The molecule has 2 rings (SSSR count). The van der Waals surface area contributed by atoms with Crippen LogP contribution in [0.15, 0.2) is 24.0 Å². The SMILES string of the molecule is CCN1C(=O)/C(=C/c2ccc[nH]2)N(C)C1=S. The first-order valence-electron chi connectivity index (χ1n) is 5.09. The molecule has 0 aliphatic carbocycles. The zero-order valence-corrected chi connectivity index (χ0v) is 10.0. The van der Waals surface area contributed by atoms with E-state index < -0.39 is 0 Å². The van der Waals surface area contributed by atoms with Gasteiger partial charge in [-0.05, 0) is 37.4 Å². The highest BCUT2D eigenvalue weighted by Crippen LogP contribution is 2.21. The number of hydrogen-bond acceptors (Lipinski definition) is 2. The van der Waals surface area contributed by atoms with Gasteiger partial charge in [0, 0.05) is 25.5 Å². The second kappa shape index (κ2) is 4.09. The first-order chi connectivity index (χ1) is 7.65. The highest BCUT2D eigenvalue weighted by molar-refractivity contribution is 7.80. The summed E-state index contributed by atoms with van der Waals surface area (Å²) in [7, 11) is 1.81. The predicted octanol–water partition coefficient (Wildman–Crippen LogP) is 1.43. The summed E-state index contributed by atoms with van der Waals surface area (Å²) >= 11 is 5.19. The summed E-state index contributed by atoms with van der Waals surface area (Å²) in [6.45, 7) is 2.51. The van der Waals surface area contributed by atoms with Crippen LogP contribution >= 0.6 is 12.2 Å². The van der Waals surface area contributed by atoms with Gasteiger partial charge in [-0.15, -0.1) is 0 Å². The summed E-state index contributed by atoms with van der Waals surface area (Å²) in [6, 6.07) is 3.80. The predicted molar refractivity (Wildman–Crippen MR) is 66.5 cm³/mol. The second-order valence-electron chi connectivity index (χ2n) is 3.55. The summed E-state index contributed by atoms with van der Waals surface area (Å²) in [5.41, 5.74) is 1.50. The van der Waals surface area contributed by atoms with Crippen molar-refractivity contribution in [3.8, 4) is 0 Å². The summed E-state index contributed by atoms with van der Waals surface area (Å²) in [6.07, 6.45) is 3.63. The first kappa shape index (κ1) is 10.9. The average molecular weight is 235 g/mol. The molecule has 1 aliphatic heterocycles. The molecule has 1 amide bonds. The molecule has 1 N–H and O–H groups in total. The number of H-pyrrole nitrogens is 1. The molecular weight excluding hydrogens is 222 g/mol. The van der Waals surface area contributed by atoms with E-state index in [9.17, 15) is 4.79 Å². The van der Waals surface area contributed by atoms with Crippen LogP contribution in [0.5, 0.6) is 0 Å². The van der Waals surface area contributed by atoms with Crippen molar-refractivity contribution in [3.05, 3.63) is 29.7 Å². The molecule has 1 saturated heterocycles. The maximum Gasteiger partial charge on any atom is 0.276 e. The lowest BCUT2D eigenvalue weighted by molar-refractivity contribution is -0.122. The number of carbonyl (C=O) groups is 1. The number of likely N-dealkylation sites (N-methyl/N-ethyl adjacent to an activating group) is 2. The Labute approximate surface area is 99.5 Å². The van der Waals surface area contributed by atoms with E-state index in [0.29, 0.717) is 17.4 Å². The Balaban J connectivity index is 2.36. The van der Waals surface area contributed by atoms with Crippen LogP contribution in [0.25, 0.3) is 6.08 Å². The molecule has 0 saturated carbocycles. The van der Waals surface area contributed by atoms with Crippen molar-refractivity contribution in [2.75, 3.05) is 13.6 Å². The highest BCUT2D eigenvalue weighted by atomic mass is 32.1. The van der Waals surface area contributed by atoms with E-state index in [1.54, 1.807) is 9.80 Å². The first-order valence-corrected chi connectivity index (χ1v) is 5.50. The van der Waals surface area contributed by atoms with E-state index in [0.717, 1.165) is 5.69 Å². The third-order valence-electron chi connectivity index (χ3n) is 2.57. The van der Waals surface area contributed by atoms with Gasteiger partial charge in [-0.25, -0.2) is 0 Å². The monoisotopic (exact) mass is 235 g/mol. The summed E-state index contributed by atoms with van der Waals surface area (Å²) in [4.78, 5) is 18.4. The van der Waals surface area contributed by atoms with Crippen molar-refractivity contribution < 1.29 is 4.79 Å². The van der Waals surface area contributed by atoms with Gasteiger partial charge >= 0.3 is 0 Å². The van der Waals surface area contributed by atoms with Crippen molar-refractivity contribution in [2.24, 2.45) is 0 Å². The number of aromatic amines is 1. The van der Waals surface area contributed by atoms with Crippen LogP contribution in [-0.4, -0.2) is 39.4 Å². The fraction of sp³-hybridized carbons (Fsp3) is 0.273. The molecule has 4 nitrogen and oxygen atoms in total. The molecule has 2 heterocycles. The normalized spacial score (nSPS) is 19.0. The molecular formula is C11H13N3OS. The molecule has 0 spiro atoms. The quantitative estimate of drug-likeness (QED) is 0.622. The van der Waals surface area contributed by atoms with Gasteiger partial charge in [0.15, 0.2) is 5.11 Å². The van der Waals surface area contributed by atoms with Crippen LogP contribution < -0.4 is 0 Å². The topological polar surface area (TPSA) is 39.3 Å². The molecule has 0 unspecified atom stereocenters. The van der Waals surface area contributed by atoms with E-state index in [-0.39, 0.29) is 5.91 Å². The summed E-state index contributed by atoms with van der Waals surface area (Å²) < 4.78 is 0. The van der Waals surface area contributed by atoms with Gasteiger partial charge in [0.2, 0.25) is 0 Å². The maximum atomic E-state index is 12.0. The number of hydrogen-bond donors (Lipinski definition) is 1. The van der Waals surface area contributed by atoms with Gasteiger partial charge in [0.1, 0.15) is 5.70 Å². The van der Waals surface area contributed by atoms with Gasteiger partial charge in [0.05, 0.1) is 0 Å². The van der Waals surface area contributed by atoms with Crippen LogP contribution in [0.4, 0.5) is 0 Å². The Kier molecular flexibility index (Phi) is 2.78. The van der Waals surface area contributed by atoms with Crippen LogP contribution in [-0.2, 0) is 4.79 Å². The number of nitrogens with zero attached hydrogens (tertiary/aromatic N) is 2. The Bertz CT molecular complexity index is 450. The second-order valence-corrected chi connectivity index (χ2v) is 3.91. The fourth-order valence-electron chi connectivity index (χ4n) is 1.67. The maximum absolute atomic E-state index is 12.0. The lowest BCUT2D eigenvalue weighted by Crippen LogP contribution is -2.30. The number of aromatic nitrogens is 1. The highest BCUT2D eigenvalue weighted by Gasteiger charge is 2.34. The van der Waals surface area contributed by atoms with Gasteiger partial charge in [-0.2, -0.15) is 0 Å². The zero-order chi connectivity index (χ0) is 11.7. The number of rotatable bonds is 2. The van der Waals surface area contributed by atoms with Gasteiger partial charge < -0.3 is 9.88 Å². The summed E-state index contributed by atoms with van der Waals surface area (Å²) in [5.74, 6) is -0.0374. The van der Waals surface area contributed by atoms with Crippen molar-refractivity contribution in [1.82, 2.24) is 14.8 Å². The van der Waals surface area contributed by atoms with Gasteiger partial charge in [0.25, 0.3) is 5.91 Å². The molecule has 1 fully saturated rings. The lowest BCUT2D eigenvalue weighted by atomic mass is 10.3. The lowest BCUT2D eigenvalue weighted by Gasteiger charge is -2.13. The molecule has 1 aliphatic rings. The van der Waals surface area contributed by atoms with Crippen LogP contribution in [0.2, 0.25) is 0 Å². The third-order valence-corrected chi connectivity index (χ3v) is 3.07. The minimum absolute atomic E-state index is 0.0374. The molecule has 0 aromatic carbocycles. The van der Waals surface area contributed by atoms with Gasteiger partial charge in [-0.3, -0.25) is 9.69 Å². The zero-order valence-electron chi connectivity index (χ0n) is 9.23. The largest absolute Gasteiger partial charge is 0.362 e. The molecule has 5 heteroatoms. The molecule has 16 heavy (non-hydrogen) atoms. The third kappa shape index (κ3) is 1.63. The Morgan fingerprint density at radius 2 is 2.31 bits per heavy atom. The molecule has 0 bridgehead atoms. The van der Waals surface area contributed by atoms with E-state index in [1.807, 2.05) is 38.4 Å².